The van der Waals surface area contributed by atoms with E-state index in [9.17, 15) is 14.0 Å². The minimum absolute atomic E-state index is 0.0184. The number of carbonyl (C=O) groups excluding carboxylic acids is 1. The van der Waals surface area contributed by atoms with Gasteiger partial charge in [-0.1, -0.05) is 53.7 Å². The molecule has 5 rings (SSSR count). The second kappa shape index (κ2) is 8.79. The number of amides is 1. The Labute approximate surface area is 198 Å². The SMILES string of the molecule is Cc1ccc(NC(=O)CSc2nc3c(oc4ccccc43)c(=O)n2-c2ccccc2F)c(C)c1. The number of aryl methyl sites for hydroxylation is 2. The van der Waals surface area contributed by atoms with Crippen LogP contribution in [-0.2, 0) is 4.79 Å². The van der Waals surface area contributed by atoms with E-state index in [1.165, 1.54) is 12.1 Å². The van der Waals surface area contributed by atoms with Crippen LogP contribution in [0.25, 0.3) is 27.8 Å². The number of carbonyl (C=O) groups is 1. The van der Waals surface area contributed by atoms with E-state index >= 15 is 0 Å². The lowest BCUT2D eigenvalue weighted by Crippen LogP contribution is -2.23. The zero-order valence-electron chi connectivity index (χ0n) is 18.5. The van der Waals surface area contributed by atoms with Gasteiger partial charge in [0.1, 0.15) is 16.9 Å². The van der Waals surface area contributed by atoms with Crippen molar-refractivity contribution in [3.05, 3.63) is 94.0 Å². The Hall–Kier alpha value is -3.91. The number of para-hydroxylation sites is 2. The fraction of sp³-hybridized carbons (Fsp3) is 0.115. The molecule has 5 aromatic rings. The number of aromatic nitrogens is 2. The van der Waals surface area contributed by atoms with Crippen molar-refractivity contribution in [2.45, 2.75) is 19.0 Å². The fourth-order valence-electron chi connectivity index (χ4n) is 3.83. The molecule has 0 aliphatic rings. The van der Waals surface area contributed by atoms with Crippen LogP contribution in [0.4, 0.5) is 10.1 Å². The van der Waals surface area contributed by atoms with Gasteiger partial charge in [-0.05, 0) is 49.7 Å². The summed E-state index contributed by atoms with van der Waals surface area (Å²) < 4.78 is 21.6. The second-order valence-electron chi connectivity index (χ2n) is 7.92. The summed E-state index contributed by atoms with van der Waals surface area (Å²) in [5.74, 6) is -0.859. The molecule has 1 N–H and O–H groups in total. The van der Waals surface area contributed by atoms with Gasteiger partial charge in [0, 0.05) is 11.1 Å². The van der Waals surface area contributed by atoms with Crippen molar-refractivity contribution in [3.8, 4) is 5.69 Å². The summed E-state index contributed by atoms with van der Waals surface area (Å²) in [7, 11) is 0. The highest BCUT2D eigenvalue weighted by Gasteiger charge is 2.21. The number of fused-ring (bicyclic) bond motifs is 3. The van der Waals surface area contributed by atoms with Crippen LogP contribution in [0.15, 0.2) is 81.1 Å². The number of nitrogens with one attached hydrogen (secondary N) is 1. The molecule has 2 heterocycles. The topological polar surface area (TPSA) is 77.1 Å². The van der Waals surface area contributed by atoms with E-state index in [0.29, 0.717) is 22.2 Å². The van der Waals surface area contributed by atoms with Gasteiger partial charge >= 0.3 is 5.56 Å². The summed E-state index contributed by atoms with van der Waals surface area (Å²) in [5.41, 5.74) is 3.20. The molecule has 0 saturated carbocycles. The fourth-order valence-corrected chi connectivity index (χ4v) is 4.63. The molecule has 170 valence electrons. The summed E-state index contributed by atoms with van der Waals surface area (Å²) in [6.45, 7) is 3.91. The number of halogens is 1. The lowest BCUT2D eigenvalue weighted by Gasteiger charge is -2.13. The first-order valence-electron chi connectivity index (χ1n) is 10.6. The van der Waals surface area contributed by atoms with Crippen molar-refractivity contribution in [2.75, 3.05) is 11.1 Å². The maximum atomic E-state index is 14.7. The third kappa shape index (κ3) is 3.97. The molecule has 0 bridgehead atoms. The van der Waals surface area contributed by atoms with E-state index in [4.69, 9.17) is 4.42 Å². The van der Waals surface area contributed by atoms with E-state index in [1.807, 2.05) is 44.2 Å². The number of hydrogen-bond donors (Lipinski definition) is 1. The minimum atomic E-state index is -0.580. The first-order chi connectivity index (χ1) is 16.4. The molecular weight excluding hydrogens is 453 g/mol. The van der Waals surface area contributed by atoms with Crippen LogP contribution >= 0.6 is 11.8 Å². The average molecular weight is 474 g/mol. The third-order valence-corrected chi connectivity index (χ3v) is 6.39. The van der Waals surface area contributed by atoms with Crippen LogP contribution < -0.4 is 10.9 Å². The van der Waals surface area contributed by atoms with Crippen molar-refractivity contribution in [3.63, 3.8) is 0 Å². The number of furan rings is 1. The molecule has 0 fully saturated rings. The molecule has 34 heavy (non-hydrogen) atoms. The first kappa shape index (κ1) is 21.9. The molecule has 6 nitrogen and oxygen atoms in total. The standard InChI is InChI=1S/C26H20FN3O3S/c1-15-11-12-19(16(2)13-15)28-22(31)14-34-26-29-23-17-7-3-6-10-21(17)33-24(23)25(32)30(26)20-9-5-4-8-18(20)27/h3-13H,14H2,1-2H3,(H,28,31). The largest absolute Gasteiger partial charge is 0.448 e. The molecular formula is C26H20FN3O3S. The van der Waals surface area contributed by atoms with Crippen LogP contribution in [-0.4, -0.2) is 21.2 Å². The van der Waals surface area contributed by atoms with Gasteiger partial charge in [0.25, 0.3) is 0 Å². The van der Waals surface area contributed by atoms with Crippen LogP contribution in [0.3, 0.4) is 0 Å². The molecule has 0 aliphatic carbocycles. The monoisotopic (exact) mass is 473 g/mol. The second-order valence-corrected chi connectivity index (χ2v) is 8.86. The quantitative estimate of drug-likeness (QED) is 0.265. The van der Waals surface area contributed by atoms with Gasteiger partial charge in [-0.15, -0.1) is 0 Å². The van der Waals surface area contributed by atoms with Crippen LogP contribution in [0, 0.1) is 19.7 Å². The summed E-state index contributed by atoms with van der Waals surface area (Å²) in [6, 6.07) is 18.9. The van der Waals surface area contributed by atoms with Crippen molar-refractivity contribution in [1.29, 1.82) is 0 Å². The Morgan fingerprint density at radius 1 is 1.09 bits per heavy atom. The lowest BCUT2D eigenvalue weighted by atomic mass is 10.1. The number of thioether (sulfide) groups is 1. The first-order valence-corrected chi connectivity index (χ1v) is 11.6. The molecule has 0 aliphatic heterocycles. The Morgan fingerprint density at radius 2 is 1.85 bits per heavy atom. The number of anilines is 1. The summed E-state index contributed by atoms with van der Waals surface area (Å²) >= 11 is 1.06. The summed E-state index contributed by atoms with van der Waals surface area (Å²) in [4.78, 5) is 30.8. The van der Waals surface area contributed by atoms with E-state index in [1.54, 1.807) is 24.3 Å². The van der Waals surface area contributed by atoms with E-state index < -0.39 is 11.4 Å². The maximum absolute atomic E-state index is 14.7. The van der Waals surface area contributed by atoms with Gasteiger partial charge in [0.05, 0.1) is 11.4 Å². The highest BCUT2D eigenvalue weighted by molar-refractivity contribution is 7.99. The number of hydrogen-bond acceptors (Lipinski definition) is 5. The highest BCUT2D eigenvalue weighted by Crippen LogP contribution is 2.29. The summed E-state index contributed by atoms with van der Waals surface area (Å²) in [5, 5.41) is 3.76. The van der Waals surface area contributed by atoms with Gasteiger partial charge in [-0.25, -0.2) is 13.9 Å². The average Bonchev–Trinajstić information content (AvgIpc) is 3.19. The molecule has 3 aromatic carbocycles. The van der Waals surface area contributed by atoms with Crippen LogP contribution in [0.1, 0.15) is 11.1 Å². The molecule has 0 radical (unpaired) electrons. The molecule has 0 saturated heterocycles. The predicted molar refractivity (Wildman–Crippen MR) is 132 cm³/mol. The Kier molecular flexibility index (Phi) is 5.67. The Balaban J connectivity index is 1.56. The van der Waals surface area contributed by atoms with Crippen molar-refractivity contribution in [2.24, 2.45) is 0 Å². The Morgan fingerprint density at radius 3 is 2.65 bits per heavy atom. The predicted octanol–water partition coefficient (Wildman–Crippen LogP) is 5.62. The van der Waals surface area contributed by atoms with Crippen LogP contribution in [0.5, 0.6) is 0 Å². The van der Waals surface area contributed by atoms with Crippen LogP contribution in [0.2, 0.25) is 0 Å². The van der Waals surface area contributed by atoms with Crippen molar-refractivity contribution < 1.29 is 13.6 Å². The molecule has 1 amide bonds. The van der Waals surface area contributed by atoms with E-state index in [0.717, 1.165) is 27.5 Å². The molecule has 2 aromatic heterocycles. The lowest BCUT2D eigenvalue weighted by molar-refractivity contribution is -0.113. The number of benzene rings is 3. The summed E-state index contributed by atoms with van der Waals surface area (Å²) in [6.07, 6.45) is 0. The number of rotatable bonds is 5. The van der Waals surface area contributed by atoms with Gasteiger partial charge in [0.2, 0.25) is 11.5 Å². The van der Waals surface area contributed by atoms with Gasteiger partial charge < -0.3 is 9.73 Å². The number of nitrogens with zero attached hydrogens (tertiary/aromatic N) is 2. The zero-order valence-corrected chi connectivity index (χ0v) is 19.3. The van der Waals surface area contributed by atoms with Gasteiger partial charge in [0.15, 0.2) is 5.16 Å². The molecule has 0 spiro atoms. The normalized spacial score (nSPS) is 11.3. The molecule has 8 heteroatoms. The minimum Gasteiger partial charge on any atom is -0.448 e. The smallest absolute Gasteiger partial charge is 0.302 e. The van der Waals surface area contributed by atoms with Crippen molar-refractivity contribution in [1.82, 2.24) is 9.55 Å². The van der Waals surface area contributed by atoms with E-state index in [2.05, 4.69) is 10.3 Å². The molecule has 0 atom stereocenters. The van der Waals surface area contributed by atoms with Gasteiger partial charge in [-0.3, -0.25) is 9.59 Å². The van der Waals surface area contributed by atoms with Gasteiger partial charge in [-0.2, -0.15) is 0 Å². The third-order valence-electron chi connectivity index (χ3n) is 5.45. The highest BCUT2D eigenvalue weighted by atomic mass is 32.2. The zero-order chi connectivity index (χ0) is 23.8. The van der Waals surface area contributed by atoms with Crippen molar-refractivity contribution >= 4 is 45.4 Å². The van der Waals surface area contributed by atoms with E-state index in [-0.39, 0.29) is 28.1 Å². The maximum Gasteiger partial charge on any atom is 0.302 e. The Bertz CT molecular complexity index is 1620. The molecule has 0 unspecified atom stereocenters.